The standard InChI is InChI=1S/C10H15NOS/c1-5(2)8-6(3)9(10(12)13)11-7(8)4/h5,11H,1-4H3,(H,12,13). The average molecular weight is 197 g/mol. The average Bonchev–Trinajstić information content (AvgIpc) is 2.26. The second-order valence-electron chi connectivity index (χ2n) is 3.62. The molecule has 2 nitrogen and oxygen atoms in total. The van der Waals surface area contributed by atoms with Gasteiger partial charge in [0.15, 0.2) is 0 Å². The summed E-state index contributed by atoms with van der Waals surface area (Å²) in [5, 5.41) is -0.187. The quantitative estimate of drug-likeness (QED) is 0.702. The molecule has 0 radical (unpaired) electrons. The largest absolute Gasteiger partial charge is 0.355 e. The van der Waals surface area contributed by atoms with Gasteiger partial charge in [0, 0.05) is 5.69 Å². The van der Waals surface area contributed by atoms with Gasteiger partial charge in [-0.3, -0.25) is 4.79 Å². The van der Waals surface area contributed by atoms with Gasteiger partial charge in [-0.05, 0) is 30.9 Å². The number of nitrogens with one attached hydrogen (secondary N) is 1. The van der Waals surface area contributed by atoms with Gasteiger partial charge in [-0.15, -0.1) is 0 Å². The molecule has 1 rings (SSSR count). The third-order valence-corrected chi connectivity index (χ3v) is 2.51. The second-order valence-corrected chi connectivity index (χ2v) is 4.03. The molecule has 1 aromatic rings. The Bertz CT molecular complexity index is 339. The lowest BCUT2D eigenvalue weighted by Crippen LogP contribution is -1.93. The predicted octanol–water partition coefficient (Wildman–Crippen LogP) is 2.82. The number of rotatable bonds is 2. The molecule has 0 saturated carbocycles. The Balaban J connectivity index is 3.30. The highest BCUT2D eigenvalue weighted by atomic mass is 32.1. The number of hydrogen-bond donors (Lipinski definition) is 2. The van der Waals surface area contributed by atoms with Crippen LogP contribution in [0.15, 0.2) is 0 Å². The molecular formula is C10H15NOS. The first-order chi connectivity index (χ1) is 5.95. The van der Waals surface area contributed by atoms with Crippen molar-refractivity contribution in [2.75, 3.05) is 0 Å². The van der Waals surface area contributed by atoms with Gasteiger partial charge in [-0.25, -0.2) is 0 Å². The molecule has 3 heteroatoms. The molecule has 72 valence electrons. The molecule has 0 aliphatic rings. The van der Waals surface area contributed by atoms with Crippen LogP contribution in [-0.2, 0) is 0 Å². The lowest BCUT2D eigenvalue weighted by Gasteiger charge is -2.05. The zero-order valence-corrected chi connectivity index (χ0v) is 9.33. The summed E-state index contributed by atoms with van der Waals surface area (Å²) in [5.41, 5.74) is 3.97. The molecule has 0 unspecified atom stereocenters. The van der Waals surface area contributed by atoms with Crippen LogP contribution in [-0.4, -0.2) is 10.1 Å². The summed E-state index contributed by atoms with van der Waals surface area (Å²) in [6.45, 7) is 8.19. The lowest BCUT2D eigenvalue weighted by atomic mass is 9.99. The molecule has 0 amide bonds. The summed E-state index contributed by atoms with van der Waals surface area (Å²) in [5.74, 6) is 0.442. The van der Waals surface area contributed by atoms with E-state index in [1.807, 2.05) is 13.8 Å². The van der Waals surface area contributed by atoms with Crippen LogP contribution in [0.2, 0.25) is 0 Å². The maximum Gasteiger partial charge on any atom is 0.232 e. The molecule has 1 heterocycles. The third-order valence-electron chi connectivity index (χ3n) is 2.29. The smallest absolute Gasteiger partial charge is 0.232 e. The minimum absolute atomic E-state index is 0.187. The van der Waals surface area contributed by atoms with E-state index in [1.54, 1.807) is 0 Å². The van der Waals surface area contributed by atoms with Gasteiger partial charge in [0.2, 0.25) is 5.12 Å². The third kappa shape index (κ3) is 1.80. The van der Waals surface area contributed by atoms with Crippen molar-refractivity contribution >= 4 is 17.7 Å². The van der Waals surface area contributed by atoms with Crippen LogP contribution in [0.1, 0.15) is 47.1 Å². The van der Waals surface area contributed by atoms with Crippen LogP contribution in [0.3, 0.4) is 0 Å². The van der Waals surface area contributed by atoms with Crippen molar-refractivity contribution < 1.29 is 4.79 Å². The molecule has 1 N–H and O–H groups in total. The molecule has 0 saturated heterocycles. The number of carbonyl (C=O) groups excluding carboxylic acids is 1. The van der Waals surface area contributed by atoms with Crippen molar-refractivity contribution in [1.29, 1.82) is 0 Å². The Morgan fingerprint density at radius 1 is 1.38 bits per heavy atom. The molecule has 0 bridgehead atoms. The summed E-state index contributed by atoms with van der Waals surface area (Å²) >= 11 is 3.82. The number of thiol groups is 1. The molecule has 0 aliphatic carbocycles. The van der Waals surface area contributed by atoms with Crippen LogP contribution in [0, 0.1) is 13.8 Å². The SMILES string of the molecule is Cc1[nH]c(C(=O)S)c(C)c1C(C)C. The Morgan fingerprint density at radius 3 is 2.15 bits per heavy atom. The first-order valence-corrected chi connectivity index (χ1v) is 4.82. The van der Waals surface area contributed by atoms with Crippen molar-refractivity contribution in [3.05, 3.63) is 22.5 Å². The van der Waals surface area contributed by atoms with E-state index < -0.39 is 0 Å². The highest BCUT2D eigenvalue weighted by molar-refractivity contribution is 7.97. The Kier molecular flexibility index (Phi) is 2.86. The monoisotopic (exact) mass is 197 g/mol. The van der Waals surface area contributed by atoms with Crippen molar-refractivity contribution in [3.63, 3.8) is 0 Å². The lowest BCUT2D eigenvalue weighted by molar-refractivity contribution is 0.108. The zero-order chi connectivity index (χ0) is 10.2. The van der Waals surface area contributed by atoms with E-state index in [4.69, 9.17) is 0 Å². The number of H-pyrrole nitrogens is 1. The highest BCUT2D eigenvalue weighted by Gasteiger charge is 2.16. The zero-order valence-electron chi connectivity index (χ0n) is 8.43. The minimum Gasteiger partial charge on any atom is -0.355 e. The number of aryl methyl sites for hydroxylation is 1. The highest BCUT2D eigenvalue weighted by Crippen LogP contribution is 2.26. The summed E-state index contributed by atoms with van der Waals surface area (Å²) in [6.07, 6.45) is 0. The van der Waals surface area contributed by atoms with Crippen LogP contribution >= 0.6 is 12.6 Å². The van der Waals surface area contributed by atoms with Crippen LogP contribution in [0.5, 0.6) is 0 Å². The molecule has 1 aromatic heterocycles. The van der Waals surface area contributed by atoms with E-state index in [9.17, 15) is 4.79 Å². The van der Waals surface area contributed by atoms with E-state index in [0.717, 1.165) is 11.3 Å². The normalized spacial score (nSPS) is 10.9. The maximum atomic E-state index is 11.1. The van der Waals surface area contributed by atoms with Gasteiger partial charge in [-0.2, -0.15) is 0 Å². The van der Waals surface area contributed by atoms with E-state index in [-0.39, 0.29) is 5.12 Å². The van der Waals surface area contributed by atoms with Gasteiger partial charge in [-0.1, -0.05) is 26.5 Å². The molecule has 0 aromatic carbocycles. The first kappa shape index (κ1) is 10.4. The fourth-order valence-corrected chi connectivity index (χ4v) is 2.07. The molecule has 13 heavy (non-hydrogen) atoms. The van der Waals surface area contributed by atoms with Gasteiger partial charge in [0.05, 0.1) is 5.69 Å². The molecule has 0 aliphatic heterocycles. The fourth-order valence-electron chi connectivity index (χ4n) is 1.84. The van der Waals surface area contributed by atoms with Gasteiger partial charge in [0.1, 0.15) is 0 Å². The van der Waals surface area contributed by atoms with Gasteiger partial charge in [0.25, 0.3) is 0 Å². The number of aromatic nitrogens is 1. The van der Waals surface area contributed by atoms with Crippen molar-refractivity contribution in [3.8, 4) is 0 Å². The maximum absolute atomic E-state index is 11.1. The Morgan fingerprint density at radius 2 is 1.92 bits per heavy atom. The second kappa shape index (κ2) is 3.58. The van der Waals surface area contributed by atoms with Crippen molar-refractivity contribution in [1.82, 2.24) is 4.98 Å². The first-order valence-electron chi connectivity index (χ1n) is 4.37. The van der Waals surface area contributed by atoms with E-state index >= 15 is 0 Å². The van der Waals surface area contributed by atoms with Crippen LogP contribution in [0.4, 0.5) is 0 Å². The predicted molar refractivity (Wildman–Crippen MR) is 57.7 cm³/mol. The molecule has 0 fully saturated rings. The van der Waals surface area contributed by atoms with E-state index in [0.29, 0.717) is 11.6 Å². The number of carbonyl (C=O) groups is 1. The van der Waals surface area contributed by atoms with Crippen LogP contribution in [0.25, 0.3) is 0 Å². The topological polar surface area (TPSA) is 32.9 Å². The summed E-state index contributed by atoms with van der Waals surface area (Å²) in [7, 11) is 0. The minimum atomic E-state index is -0.187. The number of aromatic amines is 1. The van der Waals surface area contributed by atoms with Crippen LogP contribution < -0.4 is 0 Å². The molecule has 0 atom stereocenters. The van der Waals surface area contributed by atoms with E-state index in [2.05, 4.69) is 31.5 Å². The molecule has 0 spiro atoms. The summed E-state index contributed by atoms with van der Waals surface area (Å²) < 4.78 is 0. The summed E-state index contributed by atoms with van der Waals surface area (Å²) in [6, 6.07) is 0. The van der Waals surface area contributed by atoms with Gasteiger partial charge >= 0.3 is 0 Å². The molecular weight excluding hydrogens is 182 g/mol. The van der Waals surface area contributed by atoms with Crippen molar-refractivity contribution in [2.45, 2.75) is 33.6 Å². The van der Waals surface area contributed by atoms with E-state index in [1.165, 1.54) is 5.56 Å². The summed E-state index contributed by atoms with van der Waals surface area (Å²) in [4.78, 5) is 14.2. The fraction of sp³-hybridized carbons (Fsp3) is 0.500. The number of hydrogen-bond acceptors (Lipinski definition) is 1. The Labute approximate surface area is 84.1 Å². The van der Waals surface area contributed by atoms with Gasteiger partial charge < -0.3 is 4.98 Å². The Hall–Kier alpha value is -0.700. The van der Waals surface area contributed by atoms with Crippen molar-refractivity contribution in [2.24, 2.45) is 0 Å².